The molecule has 0 amide bonds. The number of hydrogen-bond donors (Lipinski definition) is 1. The molecule has 0 aromatic rings. The average molecular weight is 239 g/mol. The van der Waals surface area contributed by atoms with Crippen LogP contribution in [0.4, 0.5) is 0 Å². The number of allylic oxidation sites excluding steroid dienone is 3. The molecule has 0 aliphatic heterocycles. The van der Waals surface area contributed by atoms with Crippen LogP contribution in [0.1, 0.15) is 40.5 Å². The van der Waals surface area contributed by atoms with Gasteiger partial charge < -0.3 is 10.1 Å². The predicted molar refractivity (Wildman–Crippen MR) is 71.9 cm³/mol. The number of nitrogens with one attached hydrogen (secondary N) is 1. The molecule has 17 heavy (non-hydrogen) atoms. The van der Waals surface area contributed by atoms with E-state index in [0.717, 1.165) is 13.0 Å². The van der Waals surface area contributed by atoms with Crippen molar-refractivity contribution < 1.29 is 9.53 Å². The Morgan fingerprint density at radius 2 is 2.06 bits per heavy atom. The lowest BCUT2D eigenvalue weighted by molar-refractivity contribution is -0.145. The summed E-state index contributed by atoms with van der Waals surface area (Å²) in [6.07, 6.45) is 7.89. The Hall–Kier alpha value is -1.09. The topological polar surface area (TPSA) is 38.3 Å². The summed E-state index contributed by atoms with van der Waals surface area (Å²) < 4.78 is 5.04. The Bertz CT molecular complexity index is 269. The first-order chi connectivity index (χ1) is 8.15. The highest BCUT2D eigenvalue weighted by molar-refractivity contribution is 5.76. The third-order valence-electron chi connectivity index (χ3n) is 2.30. The van der Waals surface area contributed by atoms with E-state index in [1.807, 2.05) is 32.9 Å². The number of likely N-dealkylation sites (N-methyl/N-ethyl adjacent to an activating group) is 1. The summed E-state index contributed by atoms with van der Waals surface area (Å²) in [7, 11) is 0. The highest BCUT2D eigenvalue weighted by Gasteiger charge is 2.18. The fraction of sp³-hybridized carbons (Fsp3) is 0.643. The minimum atomic E-state index is -0.230. The van der Waals surface area contributed by atoms with Gasteiger partial charge in [-0.1, -0.05) is 37.6 Å². The van der Waals surface area contributed by atoms with E-state index in [4.69, 9.17) is 4.74 Å². The summed E-state index contributed by atoms with van der Waals surface area (Å²) in [5.41, 5.74) is 1.17. The van der Waals surface area contributed by atoms with Crippen molar-refractivity contribution in [2.75, 3.05) is 13.2 Å². The number of hydrogen-bond acceptors (Lipinski definition) is 3. The van der Waals surface area contributed by atoms with E-state index in [9.17, 15) is 4.79 Å². The van der Waals surface area contributed by atoms with Crippen molar-refractivity contribution in [3.8, 4) is 0 Å². The molecule has 0 spiro atoms. The van der Waals surface area contributed by atoms with Crippen LogP contribution in [0.25, 0.3) is 0 Å². The molecule has 0 aromatic heterocycles. The normalized spacial score (nSPS) is 14.0. The molecule has 0 bridgehead atoms. The van der Waals surface area contributed by atoms with Crippen LogP contribution >= 0.6 is 0 Å². The molecule has 1 unspecified atom stereocenters. The molecule has 0 saturated carbocycles. The fourth-order valence-electron chi connectivity index (χ4n) is 1.49. The average Bonchev–Trinajstić information content (AvgIpc) is 2.29. The zero-order valence-corrected chi connectivity index (χ0v) is 11.5. The number of carbonyl (C=O) groups is 1. The maximum absolute atomic E-state index is 11.7. The molecule has 0 rings (SSSR count). The Labute approximate surface area is 105 Å². The molecular weight excluding hydrogens is 214 g/mol. The molecule has 0 aliphatic carbocycles. The number of rotatable bonds is 8. The molecule has 0 radical (unpaired) electrons. The Balaban J connectivity index is 4.37. The summed E-state index contributed by atoms with van der Waals surface area (Å²) in [4.78, 5) is 11.7. The highest BCUT2D eigenvalue weighted by Crippen LogP contribution is 2.07. The van der Waals surface area contributed by atoms with Crippen LogP contribution in [0, 0.1) is 0 Å². The molecule has 0 heterocycles. The molecule has 1 N–H and O–H groups in total. The van der Waals surface area contributed by atoms with Crippen LogP contribution in [-0.4, -0.2) is 25.2 Å². The SMILES string of the molecule is CC/C=C\C=C(/C)CC(NCC)C(=O)OCC. The summed E-state index contributed by atoms with van der Waals surface area (Å²) in [6, 6.07) is -0.230. The standard InChI is InChI=1S/C14H25NO2/c1-5-8-9-10-12(4)11-13(15-6-2)14(16)17-7-3/h8-10,13,15H,5-7,11H2,1-4H3/b9-8-,12-10+. The van der Waals surface area contributed by atoms with Crippen LogP contribution in [0.3, 0.4) is 0 Å². The van der Waals surface area contributed by atoms with Crippen molar-refractivity contribution in [1.82, 2.24) is 5.32 Å². The fourth-order valence-corrected chi connectivity index (χ4v) is 1.49. The zero-order chi connectivity index (χ0) is 13.1. The first-order valence-electron chi connectivity index (χ1n) is 6.37. The van der Waals surface area contributed by atoms with Gasteiger partial charge in [-0.3, -0.25) is 4.79 Å². The van der Waals surface area contributed by atoms with Gasteiger partial charge in [0.25, 0.3) is 0 Å². The van der Waals surface area contributed by atoms with Crippen molar-refractivity contribution in [1.29, 1.82) is 0 Å². The van der Waals surface area contributed by atoms with Gasteiger partial charge >= 0.3 is 5.97 Å². The summed E-state index contributed by atoms with van der Waals surface area (Å²) in [5.74, 6) is -0.165. The van der Waals surface area contributed by atoms with Crippen molar-refractivity contribution in [2.24, 2.45) is 0 Å². The third-order valence-corrected chi connectivity index (χ3v) is 2.30. The van der Waals surface area contributed by atoms with Gasteiger partial charge in [-0.05, 0) is 33.2 Å². The van der Waals surface area contributed by atoms with Gasteiger partial charge in [0.05, 0.1) is 6.61 Å². The van der Waals surface area contributed by atoms with Crippen LogP contribution in [0.15, 0.2) is 23.8 Å². The molecule has 1 atom stereocenters. The lowest BCUT2D eigenvalue weighted by Gasteiger charge is -2.16. The molecule has 3 heteroatoms. The van der Waals surface area contributed by atoms with Gasteiger partial charge in [0.2, 0.25) is 0 Å². The summed E-state index contributed by atoms with van der Waals surface area (Å²) in [6.45, 7) is 9.14. The monoisotopic (exact) mass is 239 g/mol. The molecule has 0 aliphatic rings. The van der Waals surface area contributed by atoms with Crippen LogP contribution in [-0.2, 0) is 9.53 Å². The molecule has 0 saturated heterocycles. The maximum atomic E-state index is 11.7. The smallest absolute Gasteiger partial charge is 0.323 e. The first kappa shape index (κ1) is 15.9. The second kappa shape index (κ2) is 10.1. The highest BCUT2D eigenvalue weighted by atomic mass is 16.5. The largest absolute Gasteiger partial charge is 0.465 e. The molecule has 3 nitrogen and oxygen atoms in total. The van der Waals surface area contributed by atoms with Gasteiger partial charge in [0.1, 0.15) is 6.04 Å². The minimum Gasteiger partial charge on any atom is -0.465 e. The quantitative estimate of drug-likeness (QED) is 0.523. The van der Waals surface area contributed by atoms with Gasteiger partial charge in [-0.15, -0.1) is 0 Å². The molecule has 0 aromatic carbocycles. The van der Waals surface area contributed by atoms with E-state index in [2.05, 4.69) is 18.3 Å². The van der Waals surface area contributed by atoms with E-state index in [0.29, 0.717) is 13.0 Å². The van der Waals surface area contributed by atoms with Crippen LogP contribution in [0.5, 0.6) is 0 Å². The number of ether oxygens (including phenoxy) is 1. The van der Waals surface area contributed by atoms with Crippen molar-refractivity contribution in [3.05, 3.63) is 23.8 Å². The number of esters is 1. The second-order valence-electron chi connectivity index (χ2n) is 3.92. The zero-order valence-electron chi connectivity index (χ0n) is 11.5. The van der Waals surface area contributed by atoms with Gasteiger partial charge in [0.15, 0.2) is 0 Å². The maximum Gasteiger partial charge on any atom is 0.323 e. The molecule has 0 fully saturated rings. The van der Waals surface area contributed by atoms with E-state index >= 15 is 0 Å². The molecule has 98 valence electrons. The van der Waals surface area contributed by atoms with Crippen molar-refractivity contribution in [2.45, 2.75) is 46.6 Å². The Morgan fingerprint density at radius 3 is 2.59 bits per heavy atom. The van der Waals surface area contributed by atoms with Gasteiger partial charge in [-0.25, -0.2) is 0 Å². The van der Waals surface area contributed by atoms with Crippen molar-refractivity contribution >= 4 is 5.97 Å². The lowest BCUT2D eigenvalue weighted by Crippen LogP contribution is -2.38. The summed E-state index contributed by atoms with van der Waals surface area (Å²) in [5, 5.41) is 3.15. The Morgan fingerprint density at radius 1 is 1.35 bits per heavy atom. The van der Waals surface area contributed by atoms with Crippen molar-refractivity contribution in [3.63, 3.8) is 0 Å². The first-order valence-corrected chi connectivity index (χ1v) is 6.37. The predicted octanol–water partition coefficient (Wildman–Crippen LogP) is 2.83. The van der Waals surface area contributed by atoms with Crippen LogP contribution in [0.2, 0.25) is 0 Å². The molecular formula is C14H25NO2. The Kier molecular flexibility index (Phi) is 9.44. The minimum absolute atomic E-state index is 0.165. The van der Waals surface area contributed by atoms with Crippen LogP contribution < -0.4 is 5.32 Å². The van der Waals surface area contributed by atoms with E-state index in [1.54, 1.807) is 0 Å². The van der Waals surface area contributed by atoms with E-state index in [1.165, 1.54) is 5.57 Å². The van der Waals surface area contributed by atoms with E-state index in [-0.39, 0.29) is 12.0 Å². The lowest BCUT2D eigenvalue weighted by atomic mass is 10.1. The van der Waals surface area contributed by atoms with Gasteiger partial charge in [-0.2, -0.15) is 0 Å². The van der Waals surface area contributed by atoms with E-state index < -0.39 is 0 Å². The summed E-state index contributed by atoms with van der Waals surface area (Å²) >= 11 is 0. The third kappa shape index (κ3) is 7.75. The van der Waals surface area contributed by atoms with Gasteiger partial charge in [0, 0.05) is 0 Å². The number of carbonyl (C=O) groups excluding carboxylic acids is 1. The second-order valence-corrected chi connectivity index (χ2v) is 3.92.